The van der Waals surface area contributed by atoms with E-state index >= 15 is 0 Å². The average molecular weight is 203 g/mol. The van der Waals surface area contributed by atoms with E-state index in [1.54, 1.807) is 0 Å². The normalized spacial score (nSPS) is 38.5. The zero-order valence-electron chi connectivity index (χ0n) is 8.82. The molecule has 2 heterocycles. The summed E-state index contributed by atoms with van der Waals surface area (Å²) in [4.78, 5) is 0. The van der Waals surface area contributed by atoms with Gasteiger partial charge >= 0.3 is 0 Å². The molecule has 2 fully saturated rings. The fourth-order valence-corrected chi connectivity index (χ4v) is 3.13. The van der Waals surface area contributed by atoms with Gasteiger partial charge in [-0.15, -0.1) is 0 Å². The molecular formula is C13H17NO. The second-order valence-corrected chi connectivity index (χ2v) is 4.95. The molecule has 0 spiro atoms. The highest BCUT2D eigenvalue weighted by molar-refractivity contribution is 5.22. The molecule has 3 rings (SSSR count). The summed E-state index contributed by atoms with van der Waals surface area (Å²) in [6, 6.07) is 11.0. The Kier molecular flexibility index (Phi) is 2.08. The van der Waals surface area contributed by atoms with Crippen molar-refractivity contribution in [2.75, 3.05) is 0 Å². The number of aliphatic hydroxyl groups excluding tert-OH is 1. The van der Waals surface area contributed by atoms with E-state index in [2.05, 4.69) is 29.6 Å². The number of fused-ring (bicyclic) bond motifs is 2. The third-order valence-electron chi connectivity index (χ3n) is 3.94. The summed E-state index contributed by atoms with van der Waals surface area (Å²) in [6.07, 6.45) is 4.09. The van der Waals surface area contributed by atoms with Crippen LogP contribution in [0.5, 0.6) is 0 Å². The van der Waals surface area contributed by atoms with E-state index in [1.807, 2.05) is 6.07 Å². The lowest BCUT2D eigenvalue weighted by Crippen LogP contribution is -2.47. The van der Waals surface area contributed by atoms with Crippen molar-refractivity contribution in [3.63, 3.8) is 0 Å². The minimum atomic E-state index is -0.156. The highest BCUT2D eigenvalue weighted by Crippen LogP contribution is 2.39. The third kappa shape index (κ3) is 1.48. The first-order valence-electron chi connectivity index (χ1n) is 5.78. The van der Waals surface area contributed by atoms with Crippen molar-refractivity contribution in [2.24, 2.45) is 0 Å². The second-order valence-electron chi connectivity index (χ2n) is 4.95. The molecule has 3 unspecified atom stereocenters. The summed E-state index contributed by atoms with van der Waals surface area (Å²) in [5, 5.41) is 13.7. The van der Waals surface area contributed by atoms with Crippen molar-refractivity contribution in [2.45, 2.75) is 43.4 Å². The molecular weight excluding hydrogens is 186 g/mol. The Labute approximate surface area is 90.3 Å². The molecule has 0 radical (unpaired) electrons. The smallest absolute Gasteiger partial charge is 0.0739 e. The van der Waals surface area contributed by atoms with E-state index < -0.39 is 0 Å². The van der Waals surface area contributed by atoms with Crippen molar-refractivity contribution in [1.82, 2.24) is 5.32 Å². The van der Waals surface area contributed by atoms with Crippen LogP contribution in [0.2, 0.25) is 0 Å². The highest BCUT2D eigenvalue weighted by atomic mass is 16.3. The molecule has 2 heteroatoms. The zero-order chi connectivity index (χ0) is 10.3. The van der Waals surface area contributed by atoms with Gasteiger partial charge in [0.15, 0.2) is 0 Å². The zero-order valence-corrected chi connectivity index (χ0v) is 8.82. The van der Waals surface area contributed by atoms with Crippen molar-refractivity contribution in [1.29, 1.82) is 0 Å². The minimum Gasteiger partial charge on any atom is -0.391 e. The molecule has 1 aromatic carbocycles. The van der Waals surface area contributed by atoms with E-state index in [4.69, 9.17) is 0 Å². The average Bonchev–Trinajstić information content (AvgIpc) is 2.76. The van der Waals surface area contributed by atoms with E-state index in [1.165, 1.54) is 12.0 Å². The number of rotatable bonds is 2. The van der Waals surface area contributed by atoms with Crippen LogP contribution < -0.4 is 5.32 Å². The van der Waals surface area contributed by atoms with E-state index in [9.17, 15) is 5.11 Å². The van der Waals surface area contributed by atoms with Gasteiger partial charge in [-0.3, -0.25) is 0 Å². The Morgan fingerprint density at radius 3 is 2.73 bits per heavy atom. The van der Waals surface area contributed by atoms with Crippen LogP contribution in [-0.2, 0) is 6.42 Å². The topological polar surface area (TPSA) is 32.3 Å². The molecule has 0 aliphatic carbocycles. The maximum atomic E-state index is 10.1. The number of hydrogen-bond donors (Lipinski definition) is 2. The predicted molar refractivity (Wildman–Crippen MR) is 59.7 cm³/mol. The van der Waals surface area contributed by atoms with Crippen LogP contribution in [0, 0.1) is 0 Å². The van der Waals surface area contributed by atoms with Gasteiger partial charge in [-0.25, -0.2) is 0 Å². The molecule has 0 amide bonds. The molecule has 2 nitrogen and oxygen atoms in total. The monoisotopic (exact) mass is 203 g/mol. The number of benzene rings is 1. The van der Waals surface area contributed by atoms with Crippen LogP contribution in [0.25, 0.3) is 0 Å². The van der Waals surface area contributed by atoms with Gasteiger partial charge in [-0.1, -0.05) is 30.3 Å². The molecule has 2 aliphatic heterocycles. The van der Waals surface area contributed by atoms with Crippen molar-refractivity contribution in [3.8, 4) is 0 Å². The molecule has 2 N–H and O–H groups in total. The van der Waals surface area contributed by atoms with Crippen LogP contribution in [0.1, 0.15) is 24.8 Å². The van der Waals surface area contributed by atoms with Gasteiger partial charge in [0.05, 0.1) is 6.10 Å². The lowest BCUT2D eigenvalue weighted by Gasteiger charge is -2.31. The summed E-state index contributed by atoms with van der Waals surface area (Å²) in [5.74, 6) is 0. The number of hydrogen-bond acceptors (Lipinski definition) is 2. The Morgan fingerprint density at radius 2 is 2.13 bits per heavy atom. The summed E-state index contributed by atoms with van der Waals surface area (Å²) in [7, 11) is 0. The Bertz CT molecular complexity index is 351. The fourth-order valence-electron chi connectivity index (χ4n) is 3.13. The molecule has 3 atom stereocenters. The second kappa shape index (κ2) is 3.32. The summed E-state index contributed by atoms with van der Waals surface area (Å²) >= 11 is 0. The summed E-state index contributed by atoms with van der Waals surface area (Å²) in [6.45, 7) is 0. The first-order chi connectivity index (χ1) is 7.28. The van der Waals surface area contributed by atoms with Crippen molar-refractivity contribution in [3.05, 3.63) is 35.9 Å². The van der Waals surface area contributed by atoms with Crippen LogP contribution in [0.3, 0.4) is 0 Å². The van der Waals surface area contributed by atoms with Gasteiger partial charge in [0.2, 0.25) is 0 Å². The van der Waals surface area contributed by atoms with Crippen LogP contribution in [0.4, 0.5) is 0 Å². The van der Waals surface area contributed by atoms with Gasteiger partial charge in [0.25, 0.3) is 0 Å². The van der Waals surface area contributed by atoms with Crippen LogP contribution in [0.15, 0.2) is 30.3 Å². The van der Waals surface area contributed by atoms with Crippen molar-refractivity contribution < 1.29 is 5.11 Å². The number of nitrogens with one attached hydrogen (secondary N) is 1. The van der Waals surface area contributed by atoms with Gasteiger partial charge in [-0.2, -0.15) is 0 Å². The van der Waals surface area contributed by atoms with Crippen molar-refractivity contribution >= 4 is 0 Å². The van der Waals surface area contributed by atoms with E-state index in [0.29, 0.717) is 6.04 Å². The molecule has 0 aromatic heterocycles. The fraction of sp³-hybridized carbons (Fsp3) is 0.538. The lowest BCUT2D eigenvalue weighted by molar-refractivity contribution is 0.0874. The molecule has 15 heavy (non-hydrogen) atoms. The Balaban J connectivity index is 1.83. The molecule has 2 aliphatic rings. The quantitative estimate of drug-likeness (QED) is 0.763. The lowest BCUT2D eigenvalue weighted by atomic mass is 9.81. The molecule has 80 valence electrons. The summed E-state index contributed by atoms with van der Waals surface area (Å²) < 4.78 is 0. The van der Waals surface area contributed by atoms with Gasteiger partial charge in [-0.05, 0) is 31.2 Å². The van der Waals surface area contributed by atoms with E-state index in [-0.39, 0.29) is 11.6 Å². The summed E-state index contributed by atoms with van der Waals surface area (Å²) in [5.41, 5.74) is 1.30. The SMILES string of the molecule is OC1CC2CCC1(Cc1ccccc1)N2. The minimum absolute atomic E-state index is 0.0218. The highest BCUT2D eigenvalue weighted by Gasteiger charge is 2.50. The Hall–Kier alpha value is -0.860. The first-order valence-corrected chi connectivity index (χ1v) is 5.78. The number of aliphatic hydroxyl groups is 1. The maximum Gasteiger partial charge on any atom is 0.0739 e. The van der Waals surface area contributed by atoms with Gasteiger partial charge in [0.1, 0.15) is 0 Å². The molecule has 2 saturated heterocycles. The van der Waals surface area contributed by atoms with Gasteiger partial charge in [0, 0.05) is 11.6 Å². The molecule has 2 bridgehead atoms. The Morgan fingerprint density at radius 1 is 1.33 bits per heavy atom. The van der Waals surface area contributed by atoms with Crippen LogP contribution >= 0.6 is 0 Å². The van der Waals surface area contributed by atoms with Gasteiger partial charge < -0.3 is 10.4 Å². The standard InChI is InChI=1S/C13H17NO/c15-12-8-11-6-7-13(12,14-11)9-10-4-2-1-3-5-10/h1-5,11-12,14-15H,6-9H2. The molecule has 1 aromatic rings. The molecule has 0 saturated carbocycles. The third-order valence-corrected chi connectivity index (χ3v) is 3.94. The first kappa shape index (κ1) is 9.37. The largest absolute Gasteiger partial charge is 0.391 e. The van der Waals surface area contributed by atoms with Crippen LogP contribution in [-0.4, -0.2) is 22.8 Å². The predicted octanol–water partition coefficient (Wildman–Crippen LogP) is 1.48. The van der Waals surface area contributed by atoms with E-state index in [0.717, 1.165) is 19.3 Å². The maximum absolute atomic E-state index is 10.1.